The van der Waals surface area contributed by atoms with Crippen molar-refractivity contribution in [2.24, 2.45) is 0 Å². The molecule has 0 radical (unpaired) electrons. The van der Waals surface area contributed by atoms with E-state index >= 15 is 0 Å². The van der Waals surface area contributed by atoms with Crippen LogP contribution in [-0.4, -0.2) is 4.57 Å². The highest BCUT2D eigenvalue weighted by Crippen LogP contribution is 2.50. The first-order valence-electron chi connectivity index (χ1n) is 20.5. The van der Waals surface area contributed by atoms with Gasteiger partial charge in [0.05, 0.1) is 11.2 Å². The van der Waals surface area contributed by atoms with Crippen molar-refractivity contribution >= 4 is 86.3 Å². The Labute approximate surface area is 341 Å². The highest BCUT2D eigenvalue weighted by atomic mass is 15.0. The Kier molecular flexibility index (Phi) is 6.79. The summed E-state index contributed by atoms with van der Waals surface area (Å²) in [7, 11) is 0. The van der Waals surface area contributed by atoms with Gasteiger partial charge in [-0.1, -0.05) is 188 Å². The second-order valence-electron chi connectivity index (χ2n) is 16.0. The van der Waals surface area contributed by atoms with E-state index in [0.717, 1.165) is 5.69 Å². The molecule has 1 heteroatoms. The molecule has 12 aromatic carbocycles. The van der Waals surface area contributed by atoms with Crippen LogP contribution in [-0.2, 0) is 0 Å². The average Bonchev–Trinajstić information content (AvgIpc) is 3.66. The first-order valence-corrected chi connectivity index (χ1v) is 20.5. The number of benzene rings is 12. The highest BCUT2D eigenvalue weighted by Gasteiger charge is 2.25. The van der Waals surface area contributed by atoms with Gasteiger partial charge in [0.25, 0.3) is 0 Å². The van der Waals surface area contributed by atoms with Gasteiger partial charge >= 0.3 is 0 Å². The maximum Gasteiger partial charge on any atom is 0.0620 e. The quantitative estimate of drug-likeness (QED) is 0.158. The molecular formula is C58H35N. The molecule has 13 aromatic rings. The predicted molar refractivity (Wildman–Crippen MR) is 253 cm³/mol. The second-order valence-corrected chi connectivity index (χ2v) is 16.0. The predicted octanol–water partition coefficient (Wildman–Crippen LogP) is 16.1. The van der Waals surface area contributed by atoms with Gasteiger partial charge in [-0.3, -0.25) is 0 Å². The smallest absolute Gasteiger partial charge is 0.0620 e. The van der Waals surface area contributed by atoms with Gasteiger partial charge in [0.2, 0.25) is 0 Å². The lowest BCUT2D eigenvalue weighted by atomic mass is 9.86. The number of hydrogen-bond donors (Lipinski definition) is 0. The first kappa shape index (κ1) is 32.4. The topological polar surface area (TPSA) is 4.93 Å². The van der Waals surface area contributed by atoms with Crippen LogP contribution in [0, 0.1) is 0 Å². The van der Waals surface area contributed by atoms with Gasteiger partial charge in [0, 0.05) is 22.0 Å². The zero-order chi connectivity index (χ0) is 38.6. The number of nitrogens with zero attached hydrogens (tertiary/aromatic N) is 1. The summed E-state index contributed by atoms with van der Waals surface area (Å²) in [4.78, 5) is 0. The molecule has 1 nitrogen and oxygen atoms in total. The van der Waals surface area contributed by atoms with E-state index in [-0.39, 0.29) is 0 Å². The molecule has 0 unspecified atom stereocenters. The molecule has 0 aliphatic carbocycles. The Morgan fingerprint density at radius 1 is 0.271 bits per heavy atom. The van der Waals surface area contributed by atoms with Gasteiger partial charge in [-0.15, -0.1) is 0 Å². The Balaban J connectivity index is 1.18. The molecular weight excluding hydrogens is 711 g/mol. The van der Waals surface area contributed by atoms with E-state index in [9.17, 15) is 0 Å². The van der Waals surface area contributed by atoms with Crippen molar-refractivity contribution in [3.8, 4) is 39.2 Å². The molecule has 1 heterocycles. The molecule has 0 fully saturated rings. The third-order valence-electron chi connectivity index (χ3n) is 12.9. The summed E-state index contributed by atoms with van der Waals surface area (Å²) in [6.45, 7) is 0. The molecule has 0 saturated heterocycles. The van der Waals surface area contributed by atoms with Crippen molar-refractivity contribution in [1.29, 1.82) is 0 Å². The van der Waals surface area contributed by atoms with Crippen LogP contribution < -0.4 is 0 Å². The van der Waals surface area contributed by atoms with E-state index in [0.29, 0.717) is 0 Å². The van der Waals surface area contributed by atoms with Gasteiger partial charge in [-0.25, -0.2) is 0 Å². The number of hydrogen-bond acceptors (Lipinski definition) is 0. The van der Waals surface area contributed by atoms with Crippen LogP contribution in [0.2, 0.25) is 0 Å². The van der Waals surface area contributed by atoms with Gasteiger partial charge in [-0.05, 0) is 117 Å². The van der Waals surface area contributed by atoms with Crippen LogP contribution in [0.3, 0.4) is 0 Å². The summed E-state index contributed by atoms with van der Waals surface area (Å²) < 4.78 is 2.56. The largest absolute Gasteiger partial charge is 0.308 e. The molecule has 1 aromatic heterocycles. The normalized spacial score (nSPS) is 12.1. The standard InChI is InChI=1S/C58H35N/c1-3-14-37(15-4-1)56-53-35-42-27-30-50-49(52-34-40-18-8-10-20-45(40)47-21-11-12-22-48(47)52)29-25-38-26-31-51(55(42)54(38)50)58(53)59(57(56)39-16-5-2-6-17-39)43-28-32-46-41(33-43)24-23-36-13-7-9-19-44(36)46/h1-35H. The lowest BCUT2D eigenvalue weighted by molar-refractivity contribution is 1.15. The minimum atomic E-state index is 1.15. The molecule has 272 valence electrons. The van der Waals surface area contributed by atoms with Crippen molar-refractivity contribution in [1.82, 2.24) is 4.57 Å². The number of aromatic nitrogens is 1. The third kappa shape index (κ3) is 4.67. The van der Waals surface area contributed by atoms with Crippen molar-refractivity contribution < 1.29 is 0 Å². The monoisotopic (exact) mass is 745 g/mol. The summed E-state index contributed by atoms with van der Waals surface area (Å²) in [5, 5.41) is 19.1. The molecule has 0 amide bonds. The fourth-order valence-corrected chi connectivity index (χ4v) is 10.3. The summed E-state index contributed by atoms with van der Waals surface area (Å²) >= 11 is 0. The molecule has 0 aliphatic rings. The molecule has 0 atom stereocenters. The van der Waals surface area contributed by atoms with Crippen molar-refractivity contribution in [2.45, 2.75) is 0 Å². The molecule has 0 N–H and O–H groups in total. The van der Waals surface area contributed by atoms with E-state index in [4.69, 9.17) is 0 Å². The van der Waals surface area contributed by atoms with Crippen LogP contribution in [0.4, 0.5) is 0 Å². The third-order valence-corrected chi connectivity index (χ3v) is 12.9. The van der Waals surface area contributed by atoms with Gasteiger partial charge in [0.15, 0.2) is 0 Å². The number of fused-ring (bicyclic) bond motifs is 8. The molecule has 0 bridgehead atoms. The Bertz CT molecular complexity index is 3820. The van der Waals surface area contributed by atoms with Crippen LogP contribution in [0.5, 0.6) is 0 Å². The fourth-order valence-electron chi connectivity index (χ4n) is 10.3. The van der Waals surface area contributed by atoms with E-state index in [1.807, 2.05) is 0 Å². The highest BCUT2D eigenvalue weighted by molar-refractivity contribution is 6.32. The first-order chi connectivity index (χ1) is 29.3. The SMILES string of the molecule is c1ccc(-c2c(-c3ccccc3)n(-c3ccc4c(ccc5ccccc54)c3)c3c2cc2ccc4c(-c5cc6ccccc6c6ccccc56)ccc5ccc3c2c54)cc1. The van der Waals surface area contributed by atoms with E-state index in [1.54, 1.807) is 0 Å². The molecule has 0 spiro atoms. The lowest BCUT2D eigenvalue weighted by Gasteiger charge is -2.18. The van der Waals surface area contributed by atoms with Crippen LogP contribution in [0.25, 0.3) is 126 Å². The van der Waals surface area contributed by atoms with Crippen LogP contribution in [0.15, 0.2) is 212 Å². The summed E-state index contributed by atoms with van der Waals surface area (Å²) in [5.41, 5.74) is 9.76. The Hall–Kier alpha value is -7.74. The summed E-state index contributed by atoms with van der Waals surface area (Å²) in [6, 6.07) is 78.9. The Morgan fingerprint density at radius 3 is 1.63 bits per heavy atom. The van der Waals surface area contributed by atoms with E-state index in [1.165, 1.54) is 120 Å². The van der Waals surface area contributed by atoms with Gasteiger partial charge in [-0.2, -0.15) is 0 Å². The van der Waals surface area contributed by atoms with Crippen LogP contribution >= 0.6 is 0 Å². The summed E-state index contributed by atoms with van der Waals surface area (Å²) in [5.74, 6) is 0. The van der Waals surface area contributed by atoms with Crippen molar-refractivity contribution in [2.75, 3.05) is 0 Å². The zero-order valence-corrected chi connectivity index (χ0v) is 32.2. The fraction of sp³-hybridized carbons (Fsp3) is 0. The minimum Gasteiger partial charge on any atom is -0.308 e. The maximum atomic E-state index is 2.56. The average molecular weight is 746 g/mol. The minimum absolute atomic E-state index is 1.15. The molecule has 0 aliphatic heterocycles. The molecule has 0 saturated carbocycles. The van der Waals surface area contributed by atoms with E-state index in [2.05, 4.69) is 217 Å². The summed E-state index contributed by atoms with van der Waals surface area (Å²) in [6.07, 6.45) is 0. The van der Waals surface area contributed by atoms with Gasteiger partial charge in [0.1, 0.15) is 0 Å². The maximum absolute atomic E-state index is 2.56. The van der Waals surface area contributed by atoms with Crippen molar-refractivity contribution in [3.63, 3.8) is 0 Å². The molecule has 13 rings (SSSR count). The second kappa shape index (κ2) is 12.4. The Morgan fingerprint density at radius 2 is 0.814 bits per heavy atom. The van der Waals surface area contributed by atoms with Crippen molar-refractivity contribution in [3.05, 3.63) is 212 Å². The molecule has 59 heavy (non-hydrogen) atoms. The van der Waals surface area contributed by atoms with Crippen LogP contribution in [0.1, 0.15) is 0 Å². The lowest BCUT2D eigenvalue weighted by Crippen LogP contribution is -1.99. The zero-order valence-electron chi connectivity index (χ0n) is 32.2. The van der Waals surface area contributed by atoms with Gasteiger partial charge < -0.3 is 4.57 Å². The van der Waals surface area contributed by atoms with E-state index < -0.39 is 0 Å². The number of rotatable bonds is 4.